The summed E-state index contributed by atoms with van der Waals surface area (Å²) >= 11 is 0. The Morgan fingerprint density at radius 2 is 1.74 bits per heavy atom. The maximum atomic E-state index is 16.0. The molecule has 2 fully saturated rings. The van der Waals surface area contributed by atoms with Crippen molar-refractivity contribution in [2.24, 2.45) is 0 Å². The van der Waals surface area contributed by atoms with Gasteiger partial charge in [-0.25, -0.2) is 4.39 Å². The van der Waals surface area contributed by atoms with Crippen LogP contribution in [-0.4, -0.2) is 79.8 Å². The predicted molar refractivity (Wildman–Crippen MR) is 148 cm³/mol. The van der Waals surface area contributed by atoms with Gasteiger partial charge in [-0.2, -0.15) is 0 Å². The number of anilines is 1. The van der Waals surface area contributed by atoms with Crippen LogP contribution in [0.4, 0.5) is 10.1 Å². The Labute approximate surface area is 224 Å². The van der Waals surface area contributed by atoms with Crippen LogP contribution in [0.3, 0.4) is 0 Å². The van der Waals surface area contributed by atoms with Crippen LogP contribution in [0, 0.1) is 5.82 Å². The van der Waals surface area contributed by atoms with E-state index in [9.17, 15) is 9.59 Å². The topological polar surface area (TPSA) is 67.2 Å². The van der Waals surface area contributed by atoms with Crippen molar-refractivity contribution in [2.75, 3.05) is 64.4 Å². The Bertz CT molecular complexity index is 1690. The number of carbonyl (C=O) groups is 1. The quantitative estimate of drug-likeness (QED) is 0.345. The first-order chi connectivity index (χ1) is 19.0. The summed E-state index contributed by atoms with van der Waals surface area (Å²) in [7, 11) is 2.06. The molecule has 4 aromatic rings. The summed E-state index contributed by atoms with van der Waals surface area (Å²) in [4.78, 5) is 33.3. The van der Waals surface area contributed by atoms with E-state index in [0.29, 0.717) is 62.1 Å². The van der Waals surface area contributed by atoms with Crippen LogP contribution in [0.1, 0.15) is 16.8 Å². The molecular formula is C30H29FN4O4. The molecule has 0 bridgehead atoms. The van der Waals surface area contributed by atoms with Crippen molar-refractivity contribution in [3.63, 3.8) is 0 Å². The number of hydrogen-bond donors (Lipinski definition) is 0. The Balaban J connectivity index is 1.52. The molecule has 0 aliphatic carbocycles. The number of rotatable bonds is 2. The fourth-order valence-electron chi connectivity index (χ4n) is 6.02. The Morgan fingerprint density at radius 3 is 2.59 bits per heavy atom. The van der Waals surface area contributed by atoms with Crippen LogP contribution < -0.4 is 15.1 Å². The van der Waals surface area contributed by atoms with Gasteiger partial charge >= 0.3 is 0 Å². The number of aromatic nitrogens is 1. The molecule has 0 N–H and O–H groups in total. The van der Waals surface area contributed by atoms with Crippen LogP contribution in [0.15, 0.2) is 53.5 Å². The van der Waals surface area contributed by atoms with Gasteiger partial charge < -0.3 is 28.7 Å². The van der Waals surface area contributed by atoms with E-state index in [0.717, 1.165) is 36.0 Å². The number of ether oxygens (including phenoxy) is 2. The summed E-state index contributed by atoms with van der Waals surface area (Å²) in [6, 6.07) is 13.0. The summed E-state index contributed by atoms with van der Waals surface area (Å²) in [5, 5.41) is 2.04. The monoisotopic (exact) mass is 528 g/mol. The summed E-state index contributed by atoms with van der Waals surface area (Å²) in [6.07, 6.45) is 2.51. The minimum absolute atomic E-state index is 0.0136. The van der Waals surface area contributed by atoms with Gasteiger partial charge in [0.05, 0.1) is 24.3 Å². The number of morpholine rings is 1. The molecule has 3 aliphatic heterocycles. The predicted octanol–water partition coefficient (Wildman–Crippen LogP) is 4.00. The van der Waals surface area contributed by atoms with E-state index in [-0.39, 0.29) is 16.9 Å². The third-order valence-electron chi connectivity index (χ3n) is 8.05. The molecule has 3 aliphatic rings. The van der Waals surface area contributed by atoms with Gasteiger partial charge in [0.15, 0.2) is 17.3 Å². The highest BCUT2D eigenvalue weighted by Crippen LogP contribution is 2.48. The third kappa shape index (κ3) is 3.87. The van der Waals surface area contributed by atoms with Crippen LogP contribution >= 0.6 is 0 Å². The number of amides is 1. The maximum Gasteiger partial charge on any atom is 0.259 e. The van der Waals surface area contributed by atoms with Gasteiger partial charge in [-0.05, 0) is 37.5 Å². The third-order valence-corrected chi connectivity index (χ3v) is 8.05. The second kappa shape index (κ2) is 9.36. The molecule has 1 aromatic heterocycles. The number of carbonyl (C=O) groups excluding carboxylic acids is 1. The summed E-state index contributed by atoms with van der Waals surface area (Å²) in [5.41, 5.74) is 1.09. The molecule has 8 nitrogen and oxygen atoms in total. The van der Waals surface area contributed by atoms with E-state index in [4.69, 9.17) is 9.47 Å². The zero-order valence-electron chi connectivity index (χ0n) is 21.8. The van der Waals surface area contributed by atoms with E-state index >= 15 is 4.39 Å². The van der Waals surface area contributed by atoms with Crippen molar-refractivity contribution >= 4 is 33.3 Å². The van der Waals surface area contributed by atoms with Crippen LogP contribution in [0.2, 0.25) is 0 Å². The molecule has 9 heteroatoms. The summed E-state index contributed by atoms with van der Waals surface area (Å²) in [6.45, 7) is 4.67. The molecule has 7 rings (SSSR count). The van der Waals surface area contributed by atoms with Gasteiger partial charge in [-0.3, -0.25) is 9.59 Å². The average Bonchev–Trinajstić information content (AvgIpc) is 3.18. The molecule has 1 amide bonds. The lowest BCUT2D eigenvalue weighted by Crippen LogP contribution is -2.42. The van der Waals surface area contributed by atoms with E-state index in [1.165, 1.54) is 6.07 Å². The maximum absolute atomic E-state index is 16.0. The highest BCUT2D eigenvalue weighted by molar-refractivity contribution is 6.04. The molecule has 39 heavy (non-hydrogen) atoms. The lowest BCUT2D eigenvalue weighted by atomic mass is 10.0. The van der Waals surface area contributed by atoms with Crippen LogP contribution in [0.5, 0.6) is 11.5 Å². The number of fused-ring (bicyclic) bond motifs is 4. The number of nitrogens with zero attached hydrogens (tertiary/aromatic N) is 4. The summed E-state index contributed by atoms with van der Waals surface area (Å²) in [5.74, 6) is -0.0238. The second-order valence-corrected chi connectivity index (χ2v) is 10.5. The van der Waals surface area contributed by atoms with E-state index in [1.54, 1.807) is 11.1 Å². The van der Waals surface area contributed by atoms with Gasteiger partial charge in [0.25, 0.3) is 5.91 Å². The first-order valence-corrected chi connectivity index (χ1v) is 13.4. The van der Waals surface area contributed by atoms with Gasteiger partial charge in [0.1, 0.15) is 16.8 Å². The number of benzene rings is 3. The number of hydrogen-bond acceptors (Lipinski definition) is 6. The molecule has 0 saturated carbocycles. The molecule has 4 heterocycles. The number of halogens is 1. The molecule has 200 valence electrons. The molecular weight excluding hydrogens is 499 g/mol. The first-order valence-electron chi connectivity index (χ1n) is 13.4. The SMILES string of the molecule is CN1CCCN(c2c(F)cc3c(=O)c(C(=O)N4CCOCC4)cn4c3c2Oc2ccc3ccccc3c2-4)CC1. The average molecular weight is 529 g/mol. The van der Waals surface area contributed by atoms with Gasteiger partial charge in [0, 0.05) is 44.3 Å². The fourth-order valence-corrected chi connectivity index (χ4v) is 6.02. The minimum atomic E-state index is -0.522. The lowest BCUT2D eigenvalue weighted by molar-refractivity contribution is 0.0302. The van der Waals surface area contributed by atoms with Crippen molar-refractivity contribution in [1.29, 1.82) is 0 Å². The highest BCUT2D eigenvalue weighted by Gasteiger charge is 2.32. The van der Waals surface area contributed by atoms with E-state index in [1.807, 2.05) is 45.9 Å². The normalized spacial score (nSPS) is 17.7. The van der Waals surface area contributed by atoms with Gasteiger partial charge in [-0.1, -0.05) is 30.3 Å². The van der Waals surface area contributed by atoms with Crippen molar-refractivity contribution in [3.8, 4) is 17.2 Å². The smallest absolute Gasteiger partial charge is 0.259 e. The molecule has 0 spiro atoms. The lowest BCUT2D eigenvalue weighted by Gasteiger charge is -2.31. The summed E-state index contributed by atoms with van der Waals surface area (Å²) < 4.78 is 29.8. The molecule has 0 atom stereocenters. The van der Waals surface area contributed by atoms with E-state index in [2.05, 4.69) is 11.9 Å². The van der Waals surface area contributed by atoms with Gasteiger partial charge in [0.2, 0.25) is 5.43 Å². The van der Waals surface area contributed by atoms with E-state index < -0.39 is 11.2 Å². The molecule has 3 aromatic carbocycles. The zero-order chi connectivity index (χ0) is 26.7. The number of likely N-dealkylation sites (N-methyl/N-ethyl adjacent to an activating group) is 1. The zero-order valence-corrected chi connectivity index (χ0v) is 21.8. The van der Waals surface area contributed by atoms with Crippen LogP contribution in [0.25, 0.3) is 27.4 Å². The second-order valence-electron chi connectivity index (χ2n) is 10.5. The molecule has 0 radical (unpaired) electrons. The molecule has 2 saturated heterocycles. The molecule has 0 unspecified atom stereocenters. The van der Waals surface area contributed by atoms with Crippen molar-refractivity contribution in [1.82, 2.24) is 14.4 Å². The van der Waals surface area contributed by atoms with Crippen molar-refractivity contribution in [2.45, 2.75) is 6.42 Å². The standard InChI is InChI=1S/C30H29FN4O4/c1-32-9-4-10-33(12-11-32)27-23(31)17-21-26-29(27)39-24-8-7-19-5-2-3-6-20(19)25(24)35(26)18-22(28(21)36)30(37)34-13-15-38-16-14-34/h2-3,5-8,17-18H,4,9-16H2,1H3. The van der Waals surface area contributed by atoms with Crippen LogP contribution in [-0.2, 0) is 4.74 Å². The van der Waals surface area contributed by atoms with Crippen molar-refractivity contribution in [3.05, 3.63) is 70.3 Å². The fraction of sp³-hybridized carbons (Fsp3) is 0.333. The largest absolute Gasteiger partial charge is 0.451 e. The Kier molecular flexibility index (Phi) is 5.79. The van der Waals surface area contributed by atoms with Gasteiger partial charge in [-0.15, -0.1) is 0 Å². The number of pyridine rings is 1. The Hall–Kier alpha value is -3.95. The Morgan fingerprint density at radius 1 is 0.923 bits per heavy atom. The van der Waals surface area contributed by atoms with Crippen molar-refractivity contribution < 1.29 is 18.7 Å². The highest BCUT2D eigenvalue weighted by atomic mass is 19.1. The minimum Gasteiger partial charge on any atom is -0.451 e. The first kappa shape index (κ1) is 24.1.